The maximum atomic E-state index is 13.6. The second kappa shape index (κ2) is 8.35. The zero-order chi connectivity index (χ0) is 24.0. The quantitative estimate of drug-likeness (QED) is 0.228. The van der Waals surface area contributed by atoms with E-state index in [1.54, 1.807) is 18.3 Å². The molecule has 1 aliphatic rings. The molecule has 3 aromatic carbocycles. The van der Waals surface area contributed by atoms with Crippen LogP contribution in [0.3, 0.4) is 0 Å². The number of carbonyl (C=O) groups is 2. The van der Waals surface area contributed by atoms with E-state index in [0.29, 0.717) is 17.0 Å². The number of H-pyrrole nitrogens is 1. The number of hydrogen-bond donors (Lipinski definition) is 2. The third-order valence-corrected chi connectivity index (χ3v) is 6.19. The molecule has 0 saturated carbocycles. The monoisotopic (exact) mass is 476 g/mol. The van der Waals surface area contributed by atoms with Gasteiger partial charge in [-0.05, 0) is 48.5 Å². The lowest BCUT2D eigenvalue weighted by molar-refractivity contribution is -0.132. The molecule has 6 nitrogen and oxygen atoms in total. The standard InChI is InChI=1S/C26H18ClFN2O4/c1-34-21-11-6-14(12-19(21)27)24(31)22-23(18-13-29-20-5-3-2-4-17(18)20)30(26(33)25(22)32)16-9-7-15(28)8-10-16/h2-13,23,29,31H,1H3/b24-22+. The van der Waals surface area contributed by atoms with Crippen molar-refractivity contribution in [3.05, 3.63) is 100 Å². The molecular formula is C26H18ClFN2O4. The number of nitrogens with one attached hydrogen (secondary N) is 1. The van der Waals surface area contributed by atoms with E-state index >= 15 is 0 Å². The fraction of sp³-hybridized carbons (Fsp3) is 0.0769. The summed E-state index contributed by atoms with van der Waals surface area (Å²) in [5.74, 6) is -2.13. The van der Waals surface area contributed by atoms with Crippen LogP contribution in [0.2, 0.25) is 5.02 Å². The average molecular weight is 477 g/mol. The summed E-state index contributed by atoms with van der Waals surface area (Å²) in [4.78, 5) is 30.9. The molecule has 1 unspecified atom stereocenters. The molecule has 1 atom stereocenters. The number of methoxy groups -OCH3 is 1. The number of aromatic amines is 1. The van der Waals surface area contributed by atoms with Crippen LogP contribution >= 0.6 is 11.6 Å². The van der Waals surface area contributed by atoms with Crippen LogP contribution in [0.5, 0.6) is 5.75 Å². The molecule has 1 aliphatic heterocycles. The molecule has 1 saturated heterocycles. The van der Waals surface area contributed by atoms with E-state index in [4.69, 9.17) is 16.3 Å². The molecule has 2 heterocycles. The Morgan fingerprint density at radius 2 is 1.82 bits per heavy atom. The van der Waals surface area contributed by atoms with Gasteiger partial charge in [0.15, 0.2) is 0 Å². The van der Waals surface area contributed by atoms with Gasteiger partial charge in [-0.1, -0.05) is 29.8 Å². The van der Waals surface area contributed by atoms with Gasteiger partial charge in [0.1, 0.15) is 17.3 Å². The highest BCUT2D eigenvalue weighted by Gasteiger charge is 2.47. The van der Waals surface area contributed by atoms with Crippen molar-refractivity contribution in [2.24, 2.45) is 0 Å². The Morgan fingerprint density at radius 3 is 2.53 bits per heavy atom. The molecule has 0 radical (unpaired) electrons. The van der Waals surface area contributed by atoms with Gasteiger partial charge in [-0.15, -0.1) is 0 Å². The molecule has 1 aromatic heterocycles. The largest absolute Gasteiger partial charge is 0.507 e. The lowest BCUT2D eigenvalue weighted by Gasteiger charge is -2.25. The molecule has 0 bridgehead atoms. The summed E-state index contributed by atoms with van der Waals surface area (Å²) in [5.41, 5.74) is 1.90. The first kappa shape index (κ1) is 21.7. The summed E-state index contributed by atoms with van der Waals surface area (Å²) in [6, 6.07) is 16.3. The second-order valence-electron chi connectivity index (χ2n) is 7.78. The predicted octanol–water partition coefficient (Wildman–Crippen LogP) is 5.60. The van der Waals surface area contributed by atoms with Crippen molar-refractivity contribution in [1.29, 1.82) is 0 Å². The number of para-hydroxylation sites is 1. The highest BCUT2D eigenvalue weighted by molar-refractivity contribution is 6.52. The fourth-order valence-electron chi connectivity index (χ4n) is 4.28. The minimum atomic E-state index is -0.956. The van der Waals surface area contributed by atoms with Gasteiger partial charge in [-0.2, -0.15) is 0 Å². The number of benzene rings is 3. The normalized spacial score (nSPS) is 17.5. The summed E-state index contributed by atoms with van der Waals surface area (Å²) < 4.78 is 18.8. The first-order valence-corrected chi connectivity index (χ1v) is 10.7. The Morgan fingerprint density at radius 1 is 1.09 bits per heavy atom. The van der Waals surface area contributed by atoms with Crippen LogP contribution in [0.25, 0.3) is 16.7 Å². The van der Waals surface area contributed by atoms with Crippen molar-refractivity contribution in [3.63, 3.8) is 0 Å². The Bertz CT molecular complexity index is 1480. The Kier molecular flexibility index (Phi) is 5.34. The van der Waals surface area contributed by atoms with E-state index in [-0.39, 0.29) is 21.9 Å². The predicted molar refractivity (Wildman–Crippen MR) is 127 cm³/mol. The number of anilines is 1. The van der Waals surface area contributed by atoms with Crippen molar-refractivity contribution in [1.82, 2.24) is 4.98 Å². The van der Waals surface area contributed by atoms with Gasteiger partial charge in [0.05, 0.1) is 23.7 Å². The zero-order valence-corrected chi connectivity index (χ0v) is 18.6. The van der Waals surface area contributed by atoms with E-state index in [1.807, 2.05) is 24.3 Å². The average Bonchev–Trinajstić information content (AvgIpc) is 3.38. The molecule has 1 fully saturated rings. The van der Waals surface area contributed by atoms with E-state index in [0.717, 1.165) is 10.9 Å². The van der Waals surface area contributed by atoms with E-state index in [1.165, 1.54) is 42.3 Å². The van der Waals surface area contributed by atoms with Crippen molar-refractivity contribution in [2.45, 2.75) is 6.04 Å². The minimum Gasteiger partial charge on any atom is -0.507 e. The number of aliphatic hydroxyl groups is 1. The Balaban J connectivity index is 1.76. The number of ketones is 1. The van der Waals surface area contributed by atoms with E-state index in [2.05, 4.69) is 4.98 Å². The van der Waals surface area contributed by atoms with Gasteiger partial charge in [0.2, 0.25) is 0 Å². The van der Waals surface area contributed by atoms with Gasteiger partial charge in [-0.25, -0.2) is 4.39 Å². The summed E-state index contributed by atoms with van der Waals surface area (Å²) in [5, 5.41) is 12.3. The number of aromatic nitrogens is 1. The molecule has 1 amide bonds. The Labute approximate surface area is 198 Å². The number of fused-ring (bicyclic) bond motifs is 1. The van der Waals surface area contributed by atoms with Crippen LogP contribution < -0.4 is 9.64 Å². The highest BCUT2D eigenvalue weighted by Crippen LogP contribution is 2.44. The maximum Gasteiger partial charge on any atom is 0.300 e. The SMILES string of the molecule is COc1ccc(/C(O)=C2\C(=O)C(=O)N(c3ccc(F)cc3)C2c2c[nH]c3ccccc23)cc1Cl. The number of carbonyl (C=O) groups excluding carboxylic acids is 2. The number of amides is 1. The van der Waals surface area contributed by atoms with Crippen molar-refractivity contribution >= 4 is 45.6 Å². The third-order valence-electron chi connectivity index (χ3n) is 5.89. The van der Waals surface area contributed by atoms with Crippen LogP contribution in [0.1, 0.15) is 17.2 Å². The van der Waals surface area contributed by atoms with Crippen LogP contribution in [-0.4, -0.2) is 28.9 Å². The number of rotatable bonds is 4. The summed E-state index contributed by atoms with van der Waals surface area (Å²) in [6.45, 7) is 0. The van der Waals surface area contributed by atoms with Gasteiger partial charge in [0, 0.05) is 33.9 Å². The van der Waals surface area contributed by atoms with Crippen molar-refractivity contribution < 1.29 is 23.8 Å². The minimum absolute atomic E-state index is 0.0969. The topological polar surface area (TPSA) is 82.6 Å². The smallest absolute Gasteiger partial charge is 0.300 e. The molecule has 0 spiro atoms. The van der Waals surface area contributed by atoms with Gasteiger partial charge in [-0.3, -0.25) is 14.5 Å². The van der Waals surface area contributed by atoms with Gasteiger partial charge < -0.3 is 14.8 Å². The lowest BCUT2D eigenvalue weighted by atomic mass is 9.94. The molecule has 8 heteroatoms. The molecule has 170 valence electrons. The first-order chi connectivity index (χ1) is 16.4. The number of hydrogen-bond acceptors (Lipinski definition) is 4. The van der Waals surface area contributed by atoms with Crippen LogP contribution in [0, 0.1) is 5.82 Å². The molecule has 2 N–H and O–H groups in total. The lowest BCUT2D eigenvalue weighted by Crippen LogP contribution is -2.29. The number of aliphatic hydroxyl groups excluding tert-OH is 1. The van der Waals surface area contributed by atoms with Crippen LogP contribution in [0.15, 0.2) is 78.5 Å². The second-order valence-corrected chi connectivity index (χ2v) is 8.19. The maximum absolute atomic E-state index is 13.6. The summed E-state index contributed by atoms with van der Waals surface area (Å²) >= 11 is 6.24. The van der Waals surface area contributed by atoms with E-state index in [9.17, 15) is 19.1 Å². The van der Waals surface area contributed by atoms with Crippen LogP contribution in [-0.2, 0) is 9.59 Å². The van der Waals surface area contributed by atoms with Gasteiger partial charge >= 0.3 is 0 Å². The number of ether oxygens (including phenoxy) is 1. The molecule has 0 aliphatic carbocycles. The first-order valence-electron chi connectivity index (χ1n) is 10.4. The Hall–Kier alpha value is -4.10. The molecule has 4 aromatic rings. The molecule has 5 rings (SSSR count). The number of nitrogens with zero attached hydrogens (tertiary/aromatic N) is 1. The van der Waals surface area contributed by atoms with Crippen LogP contribution in [0.4, 0.5) is 10.1 Å². The third kappa shape index (κ3) is 3.41. The van der Waals surface area contributed by atoms with E-state index < -0.39 is 23.5 Å². The summed E-state index contributed by atoms with van der Waals surface area (Å²) in [6.07, 6.45) is 1.70. The van der Waals surface area contributed by atoms with Crippen molar-refractivity contribution in [2.75, 3.05) is 12.0 Å². The number of Topliss-reactive ketones (excluding diaryl/α,β-unsaturated/α-hetero) is 1. The molecule has 34 heavy (non-hydrogen) atoms. The fourth-order valence-corrected chi connectivity index (χ4v) is 4.54. The summed E-state index contributed by atoms with van der Waals surface area (Å²) in [7, 11) is 1.46. The zero-order valence-electron chi connectivity index (χ0n) is 17.9. The number of halogens is 2. The highest BCUT2D eigenvalue weighted by atomic mass is 35.5. The molecular weight excluding hydrogens is 459 g/mol. The van der Waals surface area contributed by atoms with Crippen molar-refractivity contribution in [3.8, 4) is 5.75 Å². The van der Waals surface area contributed by atoms with Gasteiger partial charge in [0.25, 0.3) is 11.7 Å².